The number of aryl methyl sites for hydroxylation is 1. The van der Waals surface area contributed by atoms with Gasteiger partial charge in [0.05, 0.1) is 10.8 Å². The van der Waals surface area contributed by atoms with Gasteiger partial charge in [-0.15, -0.1) is 0 Å². The maximum atomic E-state index is 4.42. The van der Waals surface area contributed by atoms with E-state index < -0.39 is 0 Å². The van der Waals surface area contributed by atoms with Crippen molar-refractivity contribution >= 4 is 21.7 Å². The molecule has 2 unspecified atom stereocenters. The van der Waals surface area contributed by atoms with Crippen molar-refractivity contribution in [2.24, 2.45) is 0 Å². The van der Waals surface area contributed by atoms with Crippen LogP contribution in [0.3, 0.4) is 0 Å². The quantitative estimate of drug-likeness (QED) is 0.157. The molecule has 2 heterocycles. The summed E-state index contributed by atoms with van der Waals surface area (Å²) in [5, 5.41) is 4.05. The summed E-state index contributed by atoms with van der Waals surface area (Å²) in [6.07, 6.45) is 10.3. The average Bonchev–Trinajstić information content (AvgIpc) is 2.87. The summed E-state index contributed by atoms with van der Waals surface area (Å²) in [7, 11) is 0. The van der Waals surface area contributed by atoms with Crippen molar-refractivity contribution in [1.82, 2.24) is 0 Å². The van der Waals surface area contributed by atoms with Crippen LogP contribution in [-0.2, 0) is 17.4 Å². The second-order valence-electron chi connectivity index (χ2n) is 9.98. The predicted molar refractivity (Wildman–Crippen MR) is 142 cm³/mol. The zero-order valence-electron chi connectivity index (χ0n) is 20.6. The third kappa shape index (κ3) is 3.01. The molecule has 1 heteroatoms. The number of rotatable bonds is 7. The largest absolute Gasteiger partial charge is 0.221 e. The summed E-state index contributed by atoms with van der Waals surface area (Å²) in [6.45, 7) is 13.8. The van der Waals surface area contributed by atoms with Gasteiger partial charge in [0.25, 0.3) is 0 Å². The molecular formula is C32H36N+. The van der Waals surface area contributed by atoms with Crippen molar-refractivity contribution in [3.8, 4) is 11.1 Å². The first-order valence-electron chi connectivity index (χ1n) is 12.7. The molecule has 2 atom stereocenters. The first kappa shape index (κ1) is 21.9. The zero-order chi connectivity index (χ0) is 23.2. The molecule has 1 nitrogen and oxygen atoms in total. The van der Waals surface area contributed by atoms with Gasteiger partial charge in [-0.3, -0.25) is 0 Å². The van der Waals surface area contributed by atoms with Crippen molar-refractivity contribution in [1.29, 1.82) is 0 Å². The Morgan fingerprint density at radius 1 is 0.879 bits per heavy atom. The molecule has 0 bridgehead atoms. The van der Waals surface area contributed by atoms with Gasteiger partial charge in [0.2, 0.25) is 5.52 Å². The number of hydrogen-bond donors (Lipinski definition) is 0. The molecule has 1 aromatic heterocycles. The number of pyridine rings is 1. The minimum absolute atomic E-state index is 0.0312. The van der Waals surface area contributed by atoms with Crippen molar-refractivity contribution in [2.75, 3.05) is 0 Å². The number of unbranched alkanes of at least 4 members (excludes halogenated alkanes) is 1. The van der Waals surface area contributed by atoms with Crippen molar-refractivity contribution < 1.29 is 4.57 Å². The maximum absolute atomic E-state index is 4.42. The Bertz CT molecular complexity index is 1360. The summed E-state index contributed by atoms with van der Waals surface area (Å²) in [4.78, 5) is 0. The number of benzene rings is 3. The highest BCUT2D eigenvalue weighted by Crippen LogP contribution is 2.50. The van der Waals surface area contributed by atoms with E-state index >= 15 is 0 Å². The van der Waals surface area contributed by atoms with E-state index in [1.54, 1.807) is 0 Å². The number of nitrogens with zero attached hydrogens (tertiary/aromatic N) is 1. The van der Waals surface area contributed by atoms with Crippen molar-refractivity contribution in [3.63, 3.8) is 0 Å². The molecule has 4 aromatic rings. The molecule has 33 heavy (non-hydrogen) atoms. The van der Waals surface area contributed by atoms with E-state index in [0.29, 0.717) is 0 Å². The van der Waals surface area contributed by atoms with Gasteiger partial charge >= 0.3 is 0 Å². The van der Waals surface area contributed by atoms with Crippen LogP contribution >= 0.6 is 0 Å². The van der Waals surface area contributed by atoms with Crippen LogP contribution in [0.1, 0.15) is 64.5 Å². The molecule has 0 saturated carbocycles. The van der Waals surface area contributed by atoms with E-state index in [-0.39, 0.29) is 11.0 Å². The fraction of sp³-hybridized carbons (Fsp3) is 0.344. The summed E-state index contributed by atoms with van der Waals surface area (Å²) in [5.74, 6) is 0. The molecule has 0 aliphatic carbocycles. The molecule has 0 spiro atoms. The Hall–Kier alpha value is -2.93. The first-order chi connectivity index (χ1) is 16.0. The van der Waals surface area contributed by atoms with E-state index in [9.17, 15) is 0 Å². The van der Waals surface area contributed by atoms with E-state index in [1.165, 1.54) is 56.8 Å². The summed E-state index contributed by atoms with van der Waals surface area (Å²) < 4.78 is 2.59. The van der Waals surface area contributed by atoms with Gasteiger partial charge in [-0.05, 0) is 66.5 Å². The number of hydrogen-bond acceptors (Lipinski definition) is 0. The summed E-state index contributed by atoms with van der Waals surface area (Å²) in [6, 6.07) is 23.0. The standard InChI is InChI=1S/C32H36N/c1-6-10-13-23-14-11-16-25(20-23)27-21-26-19-18-24-15-12-17-28-29(24)30(26)33(22-27)32(8-3,9-4)31(28,5)7-2/h8,11-12,14-22H,3,6-7,9-10,13H2,1-2,4-5H3/q+1. The SMILES string of the molecule is C=CC1(CC)[n+]2cc(-c3cccc(CCCC)c3)cc3ccc4cccc(c4c32)C1(C)CC. The second kappa shape index (κ2) is 8.13. The Kier molecular flexibility index (Phi) is 5.40. The smallest absolute Gasteiger partial charge is 0.187 e. The topological polar surface area (TPSA) is 3.88 Å². The summed E-state index contributed by atoms with van der Waals surface area (Å²) >= 11 is 0. The van der Waals surface area contributed by atoms with Crippen LogP contribution in [0.2, 0.25) is 0 Å². The van der Waals surface area contributed by atoms with Gasteiger partial charge < -0.3 is 0 Å². The predicted octanol–water partition coefficient (Wildman–Crippen LogP) is 8.26. The average molecular weight is 435 g/mol. The van der Waals surface area contributed by atoms with Gasteiger partial charge in [0, 0.05) is 17.4 Å². The van der Waals surface area contributed by atoms with Gasteiger partial charge in [-0.2, -0.15) is 4.57 Å². The van der Waals surface area contributed by atoms with Crippen LogP contribution in [0.15, 0.2) is 79.5 Å². The highest BCUT2D eigenvalue weighted by molar-refractivity contribution is 6.07. The Labute approximate surface area is 198 Å². The van der Waals surface area contributed by atoms with Gasteiger partial charge in [-0.25, -0.2) is 0 Å². The Morgan fingerprint density at radius 2 is 1.67 bits per heavy atom. The monoisotopic (exact) mass is 434 g/mol. The second-order valence-corrected chi connectivity index (χ2v) is 9.98. The molecule has 5 rings (SSSR count). The Morgan fingerprint density at radius 3 is 2.39 bits per heavy atom. The maximum Gasteiger partial charge on any atom is 0.221 e. The minimum atomic E-state index is -0.182. The molecular weight excluding hydrogens is 398 g/mol. The molecule has 168 valence electrons. The molecule has 0 radical (unpaired) electrons. The lowest BCUT2D eigenvalue weighted by Crippen LogP contribution is -2.67. The lowest BCUT2D eigenvalue weighted by molar-refractivity contribution is -0.741. The fourth-order valence-corrected chi connectivity index (χ4v) is 6.40. The highest BCUT2D eigenvalue weighted by Gasteiger charge is 2.56. The fourth-order valence-electron chi connectivity index (χ4n) is 6.40. The highest BCUT2D eigenvalue weighted by atomic mass is 15.1. The lowest BCUT2D eigenvalue weighted by atomic mass is 9.60. The van der Waals surface area contributed by atoms with Crippen molar-refractivity contribution in [3.05, 3.63) is 90.6 Å². The van der Waals surface area contributed by atoms with E-state index in [4.69, 9.17) is 0 Å². The molecule has 1 aliphatic heterocycles. The van der Waals surface area contributed by atoms with E-state index in [0.717, 1.165) is 19.3 Å². The minimum Gasteiger partial charge on any atom is -0.187 e. The molecule has 1 aliphatic rings. The van der Waals surface area contributed by atoms with Gasteiger partial charge in [0.1, 0.15) is 0 Å². The van der Waals surface area contributed by atoms with Crippen LogP contribution in [-0.4, -0.2) is 0 Å². The van der Waals surface area contributed by atoms with E-state index in [2.05, 4.69) is 112 Å². The van der Waals surface area contributed by atoms with Crippen LogP contribution in [0.25, 0.3) is 32.8 Å². The van der Waals surface area contributed by atoms with Gasteiger partial charge in [-0.1, -0.05) is 82.3 Å². The molecule has 3 aromatic carbocycles. The molecule has 0 fully saturated rings. The van der Waals surface area contributed by atoms with Crippen LogP contribution < -0.4 is 4.57 Å². The van der Waals surface area contributed by atoms with Crippen LogP contribution in [0.5, 0.6) is 0 Å². The molecule has 0 N–H and O–H groups in total. The van der Waals surface area contributed by atoms with E-state index in [1.807, 2.05) is 0 Å². The van der Waals surface area contributed by atoms with Gasteiger partial charge in [0.15, 0.2) is 11.7 Å². The first-order valence-corrected chi connectivity index (χ1v) is 12.7. The third-order valence-corrected chi connectivity index (χ3v) is 8.51. The Balaban J connectivity index is 1.87. The number of aromatic nitrogens is 1. The van der Waals surface area contributed by atoms with Crippen molar-refractivity contribution in [2.45, 2.75) is 70.8 Å². The lowest BCUT2D eigenvalue weighted by Gasteiger charge is -2.45. The zero-order valence-corrected chi connectivity index (χ0v) is 20.6. The number of allylic oxidation sites excluding steroid dienone is 1. The van der Waals surface area contributed by atoms with Crippen LogP contribution in [0.4, 0.5) is 0 Å². The molecule has 0 amide bonds. The normalized spacial score (nSPS) is 21.7. The molecule has 0 saturated heterocycles. The van der Waals surface area contributed by atoms with Crippen LogP contribution in [0, 0.1) is 0 Å². The third-order valence-electron chi connectivity index (χ3n) is 8.51. The summed E-state index contributed by atoms with van der Waals surface area (Å²) in [5.41, 5.74) is 6.62.